The molecule has 10 heavy (non-hydrogen) atoms. The summed E-state index contributed by atoms with van der Waals surface area (Å²) in [5, 5.41) is 12.0. The van der Waals surface area contributed by atoms with Crippen LogP contribution in [-0.4, -0.2) is 36.5 Å². The predicted octanol–water partition coefficient (Wildman–Crippen LogP) is -0.256. The van der Waals surface area contributed by atoms with E-state index in [2.05, 4.69) is 5.32 Å². The standard InChI is InChI=1S/C7H15NO2/c1-5-6(10-5)7(2,4-9)8-3/h5-6,8-9H,4H2,1-3H3/t5?,6?,7-/m0/s1. The second-order valence-corrected chi connectivity index (χ2v) is 3.09. The summed E-state index contributed by atoms with van der Waals surface area (Å²) in [5.74, 6) is 0. The lowest BCUT2D eigenvalue weighted by atomic mass is 9.97. The monoisotopic (exact) mass is 145 g/mol. The van der Waals surface area contributed by atoms with E-state index in [1.165, 1.54) is 0 Å². The highest BCUT2D eigenvalue weighted by Crippen LogP contribution is 2.31. The van der Waals surface area contributed by atoms with E-state index in [-0.39, 0.29) is 18.2 Å². The molecule has 1 rings (SSSR count). The Bertz CT molecular complexity index is 123. The lowest BCUT2D eigenvalue weighted by Crippen LogP contribution is -2.49. The third kappa shape index (κ3) is 1.17. The fourth-order valence-electron chi connectivity index (χ4n) is 1.17. The molecule has 0 aromatic carbocycles. The zero-order valence-corrected chi connectivity index (χ0v) is 6.72. The first-order chi connectivity index (χ1) is 4.64. The van der Waals surface area contributed by atoms with Gasteiger partial charge in [0.15, 0.2) is 0 Å². The predicted molar refractivity (Wildman–Crippen MR) is 38.9 cm³/mol. The summed E-state index contributed by atoms with van der Waals surface area (Å²) in [6, 6.07) is 0. The van der Waals surface area contributed by atoms with Gasteiger partial charge in [-0.1, -0.05) is 0 Å². The Morgan fingerprint density at radius 2 is 2.20 bits per heavy atom. The number of rotatable bonds is 3. The van der Waals surface area contributed by atoms with Crippen molar-refractivity contribution in [2.75, 3.05) is 13.7 Å². The molecule has 1 fully saturated rings. The maximum absolute atomic E-state index is 8.97. The normalized spacial score (nSPS) is 37.2. The van der Waals surface area contributed by atoms with Gasteiger partial charge in [-0.2, -0.15) is 0 Å². The van der Waals surface area contributed by atoms with Crippen molar-refractivity contribution >= 4 is 0 Å². The van der Waals surface area contributed by atoms with Gasteiger partial charge in [0.1, 0.15) is 6.10 Å². The van der Waals surface area contributed by atoms with Crippen molar-refractivity contribution < 1.29 is 9.84 Å². The van der Waals surface area contributed by atoms with Crippen LogP contribution in [0.3, 0.4) is 0 Å². The summed E-state index contributed by atoms with van der Waals surface area (Å²) in [4.78, 5) is 0. The van der Waals surface area contributed by atoms with E-state index in [9.17, 15) is 0 Å². The number of hydrogen-bond acceptors (Lipinski definition) is 3. The largest absolute Gasteiger partial charge is 0.394 e. The van der Waals surface area contributed by atoms with Crippen molar-refractivity contribution in [3.05, 3.63) is 0 Å². The number of epoxide rings is 1. The Kier molecular flexibility index (Phi) is 1.99. The van der Waals surface area contributed by atoms with Crippen LogP contribution >= 0.6 is 0 Å². The van der Waals surface area contributed by atoms with Crippen LogP contribution in [0.25, 0.3) is 0 Å². The highest BCUT2D eigenvalue weighted by Gasteiger charge is 2.48. The zero-order chi connectivity index (χ0) is 7.78. The molecule has 0 amide bonds. The second-order valence-electron chi connectivity index (χ2n) is 3.09. The summed E-state index contributed by atoms with van der Waals surface area (Å²) < 4.78 is 5.24. The zero-order valence-electron chi connectivity index (χ0n) is 6.72. The van der Waals surface area contributed by atoms with Crippen LogP contribution in [0.4, 0.5) is 0 Å². The van der Waals surface area contributed by atoms with Gasteiger partial charge in [0, 0.05) is 0 Å². The SMILES string of the molecule is CN[C@@](C)(CO)C1OC1C. The molecule has 0 radical (unpaired) electrons. The number of ether oxygens (including phenoxy) is 1. The van der Waals surface area contributed by atoms with Crippen molar-refractivity contribution in [3.8, 4) is 0 Å². The van der Waals surface area contributed by atoms with E-state index in [0.29, 0.717) is 6.10 Å². The minimum absolute atomic E-state index is 0.124. The van der Waals surface area contributed by atoms with Gasteiger partial charge in [0.2, 0.25) is 0 Å². The van der Waals surface area contributed by atoms with Crippen LogP contribution in [0.2, 0.25) is 0 Å². The number of likely N-dealkylation sites (N-methyl/N-ethyl adjacent to an activating group) is 1. The van der Waals surface area contributed by atoms with Crippen LogP contribution in [0.15, 0.2) is 0 Å². The molecule has 60 valence electrons. The van der Waals surface area contributed by atoms with E-state index in [1.807, 2.05) is 20.9 Å². The molecule has 1 saturated heterocycles. The van der Waals surface area contributed by atoms with Gasteiger partial charge in [-0.3, -0.25) is 0 Å². The first kappa shape index (κ1) is 7.98. The highest BCUT2D eigenvalue weighted by atomic mass is 16.6. The Balaban J connectivity index is 2.48. The van der Waals surface area contributed by atoms with E-state index in [0.717, 1.165) is 0 Å². The minimum atomic E-state index is -0.251. The van der Waals surface area contributed by atoms with Gasteiger partial charge in [0.25, 0.3) is 0 Å². The summed E-state index contributed by atoms with van der Waals surface area (Å²) in [7, 11) is 1.84. The lowest BCUT2D eigenvalue weighted by molar-refractivity contribution is 0.149. The minimum Gasteiger partial charge on any atom is -0.394 e. The van der Waals surface area contributed by atoms with Crippen molar-refractivity contribution in [1.29, 1.82) is 0 Å². The van der Waals surface area contributed by atoms with Gasteiger partial charge in [0.05, 0.1) is 18.2 Å². The molecule has 2 unspecified atom stereocenters. The molecule has 1 aliphatic heterocycles. The van der Waals surface area contributed by atoms with Crippen molar-refractivity contribution in [1.82, 2.24) is 5.32 Å². The molecule has 1 heterocycles. The quantitative estimate of drug-likeness (QED) is 0.538. The summed E-state index contributed by atoms with van der Waals surface area (Å²) >= 11 is 0. The van der Waals surface area contributed by atoms with E-state index >= 15 is 0 Å². The maximum Gasteiger partial charge on any atom is 0.104 e. The van der Waals surface area contributed by atoms with Crippen molar-refractivity contribution in [3.63, 3.8) is 0 Å². The van der Waals surface area contributed by atoms with Crippen molar-refractivity contribution in [2.45, 2.75) is 31.6 Å². The molecular formula is C7H15NO2. The van der Waals surface area contributed by atoms with Gasteiger partial charge >= 0.3 is 0 Å². The van der Waals surface area contributed by atoms with Crippen LogP contribution in [0.1, 0.15) is 13.8 Å². The molecule has 3 nitrogen and oxygen atoms in total. The Morgan fingerprint density at radius 3 is 2.30 bits per heavy atom. The average Bonchev–Trinajstić information content (AvgIpc) is 2.66. The fourth-order valence-corrected chi connectivity index (χ4v) is 1.17. The summed E-state index contributed by atoms with van der Waals surface area (Å²) in [6.07, 6.45) is 0.479. The molecule has 0 saturated carbocycles. The molecule has 0 aliphatic carbocycles. The molecule has 2 N–H and O–H groups in total. The highest BCUT2D eigenvalue weighted by molar-refractivity contribution is 5.01. The van der Waals surface area contributed by atoms with Gasteiger partial charge in [-0.15, -0.1) is 0 Å². The van der Waals surface area contributed by atoms with E-state index in [4.69, 9.17) is 9.84 Å². The molecule has 0 spiro atoms. The number of nitrogens with one attached hydrogen (secondary N) is 1. The Labute approximate surface area is 61.4 Å². The smallest absolute Gasteiger partial charge is 0.104 e. The third-order valence-electron chi connectivity index (χ3n) is 2.24. The van der Waals surface area contributed by atoms with Crippen LogP contribution < -0.4 is 5.32 Å². The molecule has 0 aromatic rings. The summed E-state index contributed by atoms with van der Waals surface area (Å²) in [5.41, 5.74) is -0.251. The first-order valence-corrected chi connectivity index (χ1v) is 3.59. The second kappa shape index (κ2) is 2.49. The van der Waals surface area contributed by atoms with Crippen LogP contribution in [-0.2, 0) is 4.74 Å². The van der Waals surface area contributed by atoms with Gasteiger partial charge in [-0.05, 0) is 20.9 Å². The first-order valence-electron chi connectivity index (χ1n) is 3.59. The molecular weight excluding hydrogens is 130 g/mol. The topological polar surface area (TPSA) is 44.8 Å². The maximum atomic E-state index is 8.97. The van der Waals surface area contributed by atoms with E-state index < -0.39 is 0 Å². The summed E-state index contributed by atoms with van der Waals surface area (Å²) in [6.45, 7) is 4.09. The van der Waals surface area contributed by atoms with Crippen LogP contribution in [0, 0.1) is 0 Å². The van der Waals surface area contributed by atoms with Gasteiger partial charge < -0.3 is 15.2 Å². The Hall–Kier alpha value is -0.120. The number of aliphatic hydroxyl groups excluding tert-OH is 1. The lowest BCUT2D eigenvalue weighted by Gasteiger charge is -2.24. The fraction of sp³-hybridized carbons (Fsp3) is 1.00. The molecule has 3 atom stereocenters. The molecule has 0 bridgehead atoms. The molecule has 1 aliphatic rings. The molecule has 3 heteroatoms. The third-order valence-corrected chi connectivity index (χ3v) is 2.24. The molecule has 0 aromatic heterocycles. The van der Waals surface area contributed by atoms with E-state index in [1.54, 1.807) is 0 Å². The Morgan fingerprint density at radius 1 is 1.70 bits per heavy atom. The van der Waals surface area contributed by atoms with Crippen molar-refractivity contribution in [2.24, 2.45) is 0 Å². The van der Waals surface area contributed by atoms with Crippen LogP contribution in [0.5, 0.6) is 0 Å². The van der Waals surface area contributed by atoms with Gasteiger partial charge in [-0.25, -0.2) is 0 Å². The number of hydrogen-bond donors (Lipinski definition) is 2. The average molecular weight is 145 g/mol. The number of aliphatic hydroxyl groups is 1.